The zero-order chi connectivity index (χ0) is 36.0. The molecule has 50 heavy (non-hydrogen) atoms. The fourth-order valence-corrected chi connectivity index (χ4v) is 7.40. The predicted octanol–water partition coefficient (Wildman–Crippen LogP) is 9.37. The molecule has 0 saturated carbocycles. The van der Waals surface area contributed by atoms with Gasteiger partial charge in [-0.3, -0.25) is 4.40 Å². The highest BCUT2D eigenvalue weighted by molar-refractivity contribution is 9.10. The van der Waals surface area contributed by atoms with E-state index in [2.05, 4.69) is 27.8 Å². The SMILES string of the molecule is COC(=O)[C@@H](OC(C)(C)C)c1c(C)c(Br)c2nc3cn2c1N1CCC(C)(CC1)OCCCC[C@H](C)Oc1cc(F)c(F)cc1-c1cccc-3c1. The van der Waals surface area contributed by atoms with Crippen molar-refractivity contribution in [1.82, 2.24) is 9.38 Å². The minimum atomic E-state index is -1.01. The summed E-state index contributed by atoms with van der Waals surface area (Å²) in [5.74, 6) is -1.31. The molecule has 0 aliphatic carbocycles. The van der Waals surface area contributed by atoms with E-state index in [9.17, 15) is 13.6 Å². The van der Waals surface area contributed by atoms with Crippen LogP contribution >= 0.6 is 15.9 Å². The summed E-state index contributed by atoms with van der Waals surface area (Å²) in [4.78, 5) is 20.9. The first-order valence-electron chi connectivity index (χ1n) is 17.3. The predicted molar refractivity (Wildman–Crippen MR) is 194 cm³/mol. The van der Waals surface area contributed by atoms with Crippen molar-refractivity contribution < 1.29 is 32.5 Å². The van der Waals surface area contributed by atoms with Crippen LogP contribution in [0.4, 0.5) is 14.6 Å². The maximum Gasteiger partial charge on any atom is 0.339 e. The van der Waals surface area contributed by atoms with Crippen molar-refractivity contribution in [3.8, 4) is 28.1 Å². The zero-order valence-corrected chi connectivity index (χ0v) is 31.5. The lowest BCUT2D eigenvalue weighted by atomic mass is 9.92. The molecule has 3 aliphatic heterocycles. The number of carbonyl (C=O) groups excluding carboxylic acids is 1. The molecular weight excluding hydrogens is 708 g/mol. The molecule has 2 atom stereocenters. The van der Waals surface area contributed by atoms with Crippen molar-refractivity contribution in [1.29, 1.82) is 0 Å². The van der Waals surface area contributed by atoms with Gasteiger partial charge in [-0.25, -0.2) is 18.6 Å². The van der Waals surface area contributed by atoms with E-state index >= 15 is 0 Å². The average Bonchev–Trinajstić information content (AvgIpc) is 3.52. The molecule has 8 nitrogen and oxygen atoms in total. The van der Waals surface area contributed by atoms with Gasteiger partial charge in [-0.05, 0) is 113 Å². The van der Waals surface area contributed by atoms with Crippen LogP contribution in [0.15, 0.2) is 47.1 Å². The molecule has 0 amide bonds. The van der Waals surface area contributed by atoms with Crippen molar-refractivity contribution in [2.24, 2.45) is 0 Å². The Morgan fingerprint density at radius 2 is 1.80 bits per heavy atom. The van der Waals surface area contributed by atoms with Gasteiger partial charge in [-0.2, -0.15) is 0 Å². The molecule has 0 spiro atoms. The molecule has 1 fully saturated rings. The van der Waals surface area contributed by atoms with E-state index in [4.69, 9.17) is 23.9 Å². The first-order chi connectivity index (χ1) is 23.7. The molecular formula is C39H46BrF2N3O5. The Morgan fingerprint density at radius 3 is 2.50 bits per heavy atom. The van der Waals surface area contributed by atoms with Crippen molar-refractivity contribution in [2.45, 2.75) is 97.1 Å². The lowest BCUT2D eigenvalue weighted by Crippen LogP contribution is -2.45. The number of carbonyl (C=O) groups is 1. The molecule has 6 bridgehead atoms. The van der Waals surface area contributed by atoms with Crippen LogP contribution in [-0.4, -0.2) is 59.5 Å². The summed E-state index contributed by atoms with van der Waals surface area (Å²) in [5, 5.41) is 0. The first kappa shape index (κ1) is 36.3. The quantitative estimate of drug-likeness (QED) is 0.193. The van der Waals surface area contributed by atoms with Crippen LogP contribution in [0.1, 0.15) is 84.0 Å². The largest absolute Gasteiger partial charge is 0.490 e. The van der Waals surface area contributed by atoms with E-state index in [1.54, 1.807) is 0 Å². The molecule has 0 unspecified atom stereocenters. The van der Waals surface area contributed by atoms with Crippen LogP contribution in [0.5, 0.6) is 5.75 Å². The number of pyridine rings is 1. The number of piperidine rings is 1. The third-order valence-electron chi connectivity index (χ3n) is 9.65. The Morgan fingerprint density at radius 1 is 1.10 bits per heavy atom. The van der Waals surface area contributed by atoms with Gasteiger partial charge in [0, 0.05) is 48.6 Å². The Kier molecular flexibility index (Phi) is 10.3. The second kappa shape index (κ2) is 14.2. The van der Waals surface area contributed by atoms with Crippen LogP contribution in [0.25, 0.3) is 28.0 Å². The molecule has 0 N–H and O–H groups in total. The van der Waals surface area contributed by atoms with Crippen molar-refractivity contribution in [3.05, 3.63) is 69.8 Å². The fraction of sp³-hybridized carbons (Fsp3) is 0.487. The number of halogens is 3. The topological polar surface area (TPSA) is 74.5 Å². The summed E-state index contributed by atoms with van der Waals surface area (Å²) in [6.45, 7) is 13.8. The Balaban J connectivity index is 1.58. The first-order valence-corrected chi connectivity index (χ1v) is 18.1. The van der Waals surface area contributed by atoms with Gasteiger partial charge in [-0.1, -0.05) is 18.2 Å². The van der Waals surface area contributed by atoms with E-state index < -0.39 is 29.3 Å². The van der Waals surface area contributed by atoms with Gasteiger partial charge in [0.05, 0.1) is 34.6 Å². The zero-order valence-electron chi connectivity index (χ0n) is 29.9. The lowest BCUT2D eigenvalue weighted by molar-refractivity contribution is -0.164. The monoisotopic (exact) mass is 753 g/mol. The molecule has 268 valence electrons. The average molecular weight is 755 g/mol. The fourth-order valence-electron chi connectivity index (χ4n) is 6.90. The smallest absolute Gasteiger partial charge is 0.339 e. The highest BCUT2D eigenvalue weighted by Crippen LogP contribution is 2.43. The number of methoxy groups -OCH3 is 1. The Hall–Kier alpha value is -3.54. The van der Waals surface area contributed by atoms with E-state index in [0.717, 1.165) is 59.6 Å². The highest BCUT2D eigenvalue weighted by atomic mass is 79.9. The number of rotatable bonds is 3. The van der Waals surface area contributed by atoms with E-state index in [0.29, 0.717) is 47.7 Å². The van der Waals surface area contributed by atoms with Crippen molar-refractivity contribution in [3.63, 3.8) is 0 Å². The minimum absolute atomic E-state index is 0.214. The van der Waals surface area contributed by atoms with Crippen LogP contribution < -0.4 is 9.64 Å². The summed E-state index contributed by atoms with van der Waals surface area (Å²) in [7, 11) is 1.37. The molecule has 11 heteroatoms. The number of fused-ring (bicyclic) bond motifs is 8. The van der Waals surface area contributed by atoms with Gasteiger partial charge in [0.1, 0.15) is 11.6 Å². The van der Waals surface area contributed by atoms with Crippen molar-refractivity contribution in [2.75, 3.05) is 31.7 Å². The van der Waals surface area contributed by atoms with E-state index in [-0.39, 0.29) is 17.5 Å². The van der Waals surface area contributed by atoms with Gasteiger partial charge < -0.3 is 23.8 Å². The van der Waals surface area contributed by atoms with E-state index in [1.807, 2.05) is 69.5 Å². The number of benzene rings is 2. The number of ether oxygens (including phenoxy) is 4. The number of esters is 1. The second-order valence-corrected chi connectivity index (χ2v) is 15.5. The van der Waals surface area contributed by atoms with Crippen LogP contribution in [-0.2, 0) is 19.0 Å². The summed E-state index contributed by atoms with van der Waals surface area (Å²) >= 11 is 3.82. The Bertz CT molecular complexity index is 1900. The molecule has 7 rings (SSSR count). The number of hydrogen-bond donors (Lipinski definition) is 0. The molecule has 5 heterocycles. The molecule has 4 aromatic rings. The number of anilines is 1. The number of aromatic nitrogens is 2. The Labute approximate surface area is 301 Å². The van der Waals surface area contributed by atoms with Gasteiger partial charge in [-0.15, -0.1) is 0 Å². The van der Waals surface area contributed by atoms with Crippen LogP contribution in [0.3, 0.4) is 0 Å². The van der Waals surface area contributed by atoms with Crippen LogP contribution in [0.2, 0.25) is 0 Å². The molecule has 3 aliphatic rings. The maximum absolute atomic E-state index is 14.7. The van der Waals surface area contributed by atoms with Crippen molar-refractivity contribution >= 4 is 33.4 Å². The van der Waals surface area contributed by atoms with E-state index in [1.165, 1.54) is 13.2 Å². The second-order valence-electron chi connectivity index (χ2n) is 14.7. The lowest BCUT2D eigenvalue weighted by Gasteiger charge is -2.42. The van der Waals surface area contributed by atoms with Gasteiger partial charge in [0.15, 0.2) is 23.4 Å². The summed E-state index contributed by atoms with van der Waals surface area (Å²) in [6, 6.07) is 9.90. The highest BCUT2D eigenvalue weighted by Gasteiger charge is 2.38. The number of nitrogens with zero attached hydrogens (tertiary/aromatic N) is 3. The summed E-state index contributed by atoms with van der Waals surface area (Å²) in [5.41, 5.74) is 3.78. The minimum Gasteiger partial charge on any atom is -0.490 e. The van der Waals surface area contributed by atoms with Gasteiger partial charge in [0.2, 0.25) is 0 Å². The standard InChI is InChI=1S/C39H46BrF2N3O5/c1-23-11-8-9-18-48-39(6)14-16-44(17-15-39)36-32(34(37(46)47-7)50-38(3,4)5)24(2)33(40)35-43-30(22-45(35)36)26-13-10-12-25(19-26)27-20-28(41)29(42)21-31(27)49-23/h10,12-13,19-23,34H,8-9,11,14-18H2,1-7H3/t23-,34-/m0/s1. The normalized spacial score (nSPS) is 20.8. The van der Waals surface area contributed by atoms with Crippen LogP contribution in [0, 0.1) is 18.6 Å². The third kappa shape index (κ3) is 7.41. The third-order valence-corrected chi connectivity index (χ3v) is 10.6. The molecule has 2 aromatic carbocycles. The number of hydrogen-bond acceptors (Lipinski definition) is 7. The van der Waals surface area contributed by atoms with Gasteiger partial charge >= 0.3 is 5.97 Å². The maximum atomic E-state index is 14.7. The number of imidazole rings is 1. The molecule has 0 radical (unpaired) electrons. The summed E-state index contributed by atoms with van der Waals surface area (Å²) < 4.78 is 56.6. The summed E-state index contributed by atoms with van der Waals surface area (Å²) in [6.07, 6.45) is 4.75. The molecule has 2 aromatic heterocycles. The van der Waals surface area contributed by atoms with Gasteiger partial charge in [0.25, 0.3) is 0 Å². The molecule has 1 saturated heterocycles.